The third-order valence-electron chi connectivity index (χ3n) is 4.68. The van der Waals surface area contributed by atoms with E-state index >= 15 is 0 Å². The second-order valence-corrected chi connectivity index (χ2v) is 6.40. The fourth-order valence-electron chi connectivity index (χ4n) is 3.69. The van der Waals surface area contributed by atoms with Gasteiger partial charge in [0.1, 0.15) is 12.2 Å². The van der Waals surface area contributed by atoms with E-state index < -0.39 is 0 Å². The lowest BCUT2D eigenvalue weighted by atomic mass is 9.91. The molecule has 1 aromatic rings. The lowest BCUT2D eigenvalue weighted by molar-refractivity contribution is -0.145. The van der Waals surface area contributed by atoms with Crippen molar-refractivity contribution >= 4 is 5.91 Å². The van der Waals surface area contributed by atoms with Crippen LogP contribution in [0.15, 0.2) is 6.33 Å². The molecule has 22 heavy (non-hydrogen) atoms. The van der Waals surface area contributed by atoms with Gasteiger partial charge in [0.2, 0.25) is 5.91 Å². The van der Waals surface area contributed by atoms with Crippen LogP contribution in [-0.4, -0.2) is 58.0 Å². The summed E-state index contributed by atoms with van der Waals surface area (Å²) >= 11 is 0. The smallest absolute Gasteiger partial charge is 0.226 e. The van der Waals surface area contributed by atoms with Crippen molar-refractivity contribution in [2.24, 2.45) is 5.92 Å². The van der Waals surface area contributed by atoms with Crippen molar-refractivity contribution in [1.29, 1.82) is 0 Å². The van der Waals surface area contributed by atoms with Crippen molar-refractivity contribution in [2.75, 3.05) is 13.7 Å². The normalized spacial score (nSPS) is 35.8. The average Bonchev–Trinajstić information content (AvgIpc) is 3.14. The zero-order valence-electron chi connectivity index (χ0n) is 13.4. The molecule has 7 nitrogen and oxygen atoms in total. The van der Waals surface area contributed by atoms with E-state index in [4.69, 9.17) is 9.47 Å². The van der Waals surface area contributed by atoms with E-state index in [0.717, 1.165) is 25.1 Å². The van der Waals surface area contributed by atoms with Crippen molar-refractivity contribution in [1.82, 2.24) is 20.1 Å². The summed E-state index contributed by atoms with van der Waals surface area (Å²) in [7, 11) is 1.69. The molecular weight excluding hydrogens is 284 g/mol. The molecule has 7 heteroatoms. The second-order valence-electron chi connectivity index (χ2n) is 6.40. The van der Waals surface area contributed by atoms with E-state index in [1.165, 1.54) is 6.33 Å². The highest BCUT2D eigenvalue weighted by Crippen LogP contribution is 2.35. The number of carbonyl (C=O) groups excluding carboxylic acids is 1. The van der Waals surface area contributed by atoms with Crippen LogP contribution in [0.3, 0.4) is 0 Å². The topological polar surface area (TPSA) is 80.3 Å². The summed E-state index contributed by atoms with van der Waals surface area (Å²) in [5.41, 5.74) is 0. The van der Waals surface area contributed by atoms with Crippen LogP contribution in [0, 0.1) is 5.92 Å². The Labute approximate surface area is 130 Å². The van der Waals surface area contributed by atoms with Gasteiger partial charge in [0.15, 0.2) is 0 Å². The van der Waals surface area contributed by atoms with Crippen LogP contribution >= 0.6 is 0 Å². The molecule has 0 bridgehead atoms. The van der Waals surface area contributed by atoms with Gasteiger partial charge in [-0.3, -0.25) is 9.89 Å². The molecule has 1 N–H and O–H groups in total. The summed E-state index contributed by atoms with van der Waals surface area (Å²) in [6.07, 6.45) is 4.10. The largest absolute Gasteiger partial charge is 0.380 e. The first-order valence-electron chi connectivity index (χ1n) is 7.92. The number of carbonyl (C=O) groups is 1. The van der Waals surface area contributed by atoms with Crippen LogP contribution < -0.4 is 0 Å². The molecule has 3 rings (SSSR count). The van der Waals surface area contributed by atoms with Crippen molar-refractivity contribution in [3.63, 3.8) is 0 Å². The molecule has 122 valence electrons. The molecule has 2 aliphatic heterocycles. The van der Waals surface area contributed by atoms with Crippen LogP contribution in [0.1, 0.15) is 45.0 Å². The van der Waals surface area contributed by atoms with Crippen LogP contribution in [0.5, 0.6) is 0 Å². The highest BCUT2D eigenvalue weighted by atomic mass is 16.5. The second kappa shape index (κ2) is 6.34. The first-order chi connectivity index (χ1) is 10.6. The van der Waals surface area contributed by atoms with E-state index in [9.17, 15) is 4.79 Å². The minimum atomic E-state index is -0.0755. The lowest BCUT2D eigenvalue weighted by Crippen LogP contribution is -2.42. The fourth-order valence-corrected chi connectivity index (χ4v) is 3.69. The van der Waals surface area contributed by atoms with Crippen molar-refractivity contribution in [2.45, 2.75) is 57.5 Å². The number of hydrogen-bond acceptors (Lipinski definition) is 5. The minimum absolute atomic E-state index is 0.0137. The Morgan fingerprint density at radius 3 is 2.68 bits per heavy atom. The molecule has 2 saturated heterocycles. The Bertz CT molecular complexity index is 497. The third-order valence-corrected chi connectivity index (χ3v) is 4.68. The zero-order chi connectivity index (χ0) is 15.7. The van der Waals surface area contributed by atoms with Gasteiger partial charge in [-0.05, 0) is 26.7 Å². The van der Waals surface area contributed by atoms with E-state index in [0.29, 0.717) is 6.54 Å². The number of ether oxygens (including phenoxy) is 2. The minimum Gasteiger partial charge on any atom is -0.380 e. The Morgan fingerprint density at radius 2 is 2.09 bits per heavy atom. The van der Waals surface area contributed by atoms with Crippen LogP contribution in [0.2, 0.25) is 0 Å². The zero-order valence-corrected chi connectivity index (χ0v) is 13.4. The van der Waals surface area contributed by atoms with Gasteiger partial charge in [0.25, 0.3) is 0 Å². The molecular formula is C15H24N4O3. The molecule has 2 unspecified atom stereocenters. The number of nitrogens with zero attached hydrogens (tertiary/aromatic N) is 3. The van der Waals surface area contributed by atoms with Gasteiger partial charge < -0.3 is 14.4 Å². The highest BCUT2D eigenvalue weighted by Gasteiger charge is 2.41. The molecule has 0 saturated carbocycles. The first kappa shape index (κ1) is 15.4. The van der Waals surface area contributed by atoms with Gasteiger partial charge in [-0.15, -0.1) is 0 Å². The Kier molecular flexibility index (Phi) is 4.44. The average molecular weight is 308 g/mol. The molecule has 0 spiro atoms. The maximum atomic E-state index is 13.0. The predicted molar refractivity (Wildman–Crippen MR) is 79.0 cm³/mol. The number of nitrogens with one attached hydrogen (secondary N) is 1. The van der Waals surface area contributed by atoms with E-state index in [1.807, 2.05) is 18.7 Å². The third kappa shape index (κ3) is 3.01. The lowest BCUT2D eigenvalue weighted by Gasteiger charge is -2.34. The van der Waals surface area contributed by atoms with E-state index in [-0.39, 0.29) is 36.2 Å². The van der Waals surface area contributed by atoms with Gasteiger partial charge in [-0.25, -0.2) is 4.98 Å². The summed E-state index contributed by atoms with van der Waals surface area (Å²) < 4.78 is 11.2. The Morgan fingerprint density at radius 1 is 1.36 bits per heavy atom. The summed E-state index contributed by atoms with van der Waals surface area (Å²) in [5.74, 6) is 0.934. The first-order valence-corrected chi connectivity index (χ1v) is 7.92. The highest BCUT2D eigenvalue weighted by molar-refractivity contribution is 5.79. The summed E-state index contributed by atoms with van der Waals surface area (Å²) in [4.78, 5) is 19.2. The molecule has 4 atom stereocenters. The maximum Gasteiger partial charge on any atom is 0.226 e. The van der Waals surface area contributed by atoms with E-state index in [2.05, 4.69) is 15.2 Å². The van der Waals surface area contributed by atoms with Gasteiger partial charge in [0, 0.05) is 26.0 Å². The summed E-state index contributed by atoms with van der Waals surface area (Å²) in [6.45, 7) is 4.68. The molecule has 1 amide bonds. The predicted octanol–water partition coefficient (Wildman–Crippen LogP) is 1.30. The standard InChI is InChI=1S/C15H24N4O3/c1-9-4-11(5-10(2)22-9)15(20)19-7-12(21-3)6-13(19)14-16-8-17-18-14/h8-13H,4-7H2,1-3H3,(H,16,17,18)/t9?,10?,11?,12-,13+/m1/s1. The Hall–Kier alpha value is -1.47. The molecule has 2 fully saturated rings. The van der Waals surface area contributed by atoms with Crippen LogP contribution in [0.25, 0.3) is 0 Å². The van der Waals surface area contributed by atoms with Crippen molar-refractivity contribution in [3.8, 4) is 0 Å². The Balaban J connectivity index is 1.77. The number of rotatable bonds is 3. The molecule has 0 aliphatic carbocycles. The quantitative estimate of drug-likeness (QED) is 0.910. The van der Waals surface area contributed by atoms with Gasteiger partial charge in [-0.2, -0.15) is 5.10 Å². The molecule has 2 aliphatic rings. The van der Waals surface area contributed by atoms with Crippen LogP contribution in [-0.2, 0) is 14.3 Å². The molecule has 1 aromatic heterocycles. The summed E-state index contributed by atoms with van der Waals surface area (Å²) in [5, 5.41) is 6.81. The fraction of sp³-hybridized carbons (Fsp3) is 0.800. The molecule has 0 radical (unpaired) electrons. The number of aromatic nitrogens is 3. The van der Waals surface area contributed by atoms with Crippen molar-refractivity contribution in [3.05, 3.63) is 12.2 Å². The SMILES string of the molecule is CO[C@@H]1C[C@@H](c2ncn[nH]2)N(C(=O)C2CC(C)OC(C)C2)C1. The maximum absolute atomic E-state index is 13.0. The monoisotopic (exact) mass is 308 g/mol. The molecule has 0 aromatic carbocycles. The summed E-state index contributed by atoms with van der Waals surface area (Å²) in [6, 6.07) is -0.0755. The number of methoxy groups -OCH3 is 1. The van der Waals surface area contributed by atoms with Gasteiger partial charge in [-0.1, -0.05) is 0 Å². The molecule has 3 heterocycles. The van der Waals surface area contributed by atoms with Crippen molar-refractivity contribution < 1.29 is 14.3 Å². The van der Waals surface area contributed by atoms with E-state index in [1.54, 1.807) is 7.11 Å². The number of likely N-dealkylation sites (tertiary alicyclic amines) is 1. The van der Waals surface area contributed by atoms with Gasteiger partial charge in [0.05, 0.1) is 24.4 Å². The number of aromatic amines is 1. The number of hydrogen-bond donors (Lipinski definition) is 1. The van der Waals surface area contributed by atoms with Gasteiger partial charge >= 0.3 is 0 Å². The van der Waals surface area contributed by atoms with Crippen LogP contribution in [0.4, 0.5) is 0 Å². The number of amides is 1. The number of H-pyrrole nitrogens is 1.